The van der Waals surface area contributed by atoms with Crippen molar-refractivity contribution in [2.24, 2.45) is 5.73 Å². The molecule has 1 aromatic rings. The van der Waals surface area contributed by atoms with Crippen LogP contribution in [0.25, 0.3) is 0 Å². The van der Waals surface area contributed by atoms with Crippen molar-refractivity contribution in [2.45, 2.75) is 32.4 Å². The highest BCUT2D eigenvalue weighted by molar-refractivity contribution is 5.85. The summed E-state index contributed by atoms with van der Waals surface area (Å²) in [6, 6.07) is 4.25. The van der Waals surface area contributed by atoms with Crippen LogP contribution in [0.4, 0.5) is 0 Å². The van der Waals surface area contributed by atoms with Crippen LogP contribution in [0.3, 0.4) is 0 Å². The zero-order valence-electron chi connectivity index (χ0n) is 10.3. The van der Waals surface area contributed by atoms with Gasteiger partial charge in [-0.05, 0) is 39.0 Å². The van der Waals surface area contributed by atoms with Gasteiger partial charge in [-0.1, -0.05) is 0 Å². The van der Waals surface area contributed by atoms with E-state index in [4.69, 9.17) is 15.6 Å². The maximum atomic E-state index is 9.59. The van der Waals surface area contributed by atoms with Gasteiger partial charge in [0.05, 0.1) is 12.6 Å². The van der Waals surface area contributed by atoms with Crippen LogP contribution in [0.5, 0.6) is 11.5 Å². The molecule has 0 spiro atoms. The Kier molecular flexibility index (Phi) is 5.75. The summed E-state index contributed by atoms with van der Waals surface area (Å²) in [5, 5.41) is 18.5. The number of aliphatic hydroxyl groups is 1. The van der Waals surface area contributed by atoms with Gasteiger partial charge in [0.1, 0.15) is 17.1 Å². The van der Waals surface area contributed by atoms with Crippen LogP contribution in [0.1, 0.15) is 32.4 Å². The third-order valence-electron chi connectivity index (χ3n) is 2.02. The van der Waals surface area contributed by atoms with Crippen LogP contribution < -0.4 is 10.5 Å². The lowest BCUT2D eigenvalue weighted by molar-refractivity contribution is 0.130. The molecule has 17 heavy (non-hydrogen) atoms. The quantitative estimate of drug-likeness (QED) is 0.778. The maximum absolute atomic E-state index is 9.59. The molecular formula is C12H20ClNO3. The molecule has 1 rings (SSSR count). The summed E-state index contributed by atoms with van der Waals surface area (Å²) in [7, 11) is 0. The predicted molar refractivity (Wildman–Crippen MR) is 69.8 cm³/mol. The lowest BCUT2D eigenvalue weighted by Gasteiger charge is -2.22. The standard InChI is InChI=1S/C12H19NO3.ClH/c1-12(2,3)16-8-4-5-11(15)9(6-8)10(13)7-14;/h4-6,10,14-15H,7,13H2,1-3H3;1H/t10-;/m1./s1. The van der Waals surface area contributed by atoms with Gasteiger partial charge in [0.25, 0.3) is 0 Å². The molecule has 5 heteroatoms. The number of aromatic hydroxyl groups is 1. The number of benzene rings is 1. The molecule has 0 heterocycles. The van der Waals surface area contributed by atoms with Crippen molar-refractivity contribution >= 4 is 12.4 Å². The van der Waals surface area contributed by atoms with Crippen molar-refractivity contribution in [3.8, 4) is 11.5 Å². The fourth-order valence-corrected chi connectivity index (χ4v) is 1.34. The molecule has 0 fully saturated rings. The molecule has 1 aromatic carbocycles. The Bertz CT molecular complexity index is 363. The van der Waals surface area contributed by atoms with Gasteiger partial charge in [0.2, 0.25) is 0 Å². The molecule has 0 saturated carbocycles. The molecule has 0 aliphatic heterocycles. The average molecular weight is 262 g/mol. The van der Waals surface area contributed by atoms with E-state index in [9.17, 15) is 5.11 Å². The van der Waals surface area contributed by atoms with Crippen molar-refractivity contribution in [2.75, 3.05) is 6.61 Å². The highest BCUT2D eigenvalue weighted by atomic mass is 35.5. The largest absolute Gasteiger partial charge is 0.508 e. The number of ether oxygens (including phenoxy) is 1. The Morgan fingerprint density at radius 1 is 1.35 bits per heavy atom. The molecule has 0 saturated heterocycles. The van der Waals surface area contributed by atoms with Crippen molar-refractivity contribution in [3.05, 3.63) is 23.8 Å². The molecule has 0 radical (unpaired) electrons. The predicted octanol–water partition coefficient (Wildman–Crippen LogP) is 1.98. The molecule has 0 unspecified atom stereocenters. The molecule has 1 atom stereocenters. The number of hydrogen-bond acceptors (Lipinski definition) is 4. The summed E-state index contributed by atoms with van der Waals surface area (Å²) >= 11 is 0. The van der Waals surface area contributed by atoms with Crippen LogP contribution in [0.2, 0.25) is 0 Å². The van der Waals surface area contributed by atoms with E-state index in [0.717, 1.165) is 0 Å². The van der Waals surface area contributed by atoms with E-state index in [1.54, 1.807) is 12.1 Å². The molecule has 98 valence electrons. The second-order valence-corrected chi connectivity index (χ2v) is 4.72. The zero-order valence-corrected chi connectivity index (χ0v) is 11.1. The highest BCUT2D eigenvalue weighted by Crippen LogP contribution is 2.28. The van der Waals surface area contributed by atoms with Gasteiger partial charge in [-0.25, -0.2) is 0 Å². The monoisotopic (exact) mass is 261 g/mol. The van der Waals surface area contributed by atoms with Crippen LogP contribution in [-0.2, 0) is 0 Å². The molecule has 4 N–H and O–H groups in total. The fraction of sp³-hybridized carbons (Fsp3) is 0.500. The van der Waals surface area contributed by atoms with E-state index in [1.165, 1.54) is 6.07 Å². The Morgan fingerprint density at radius 3 is 2.41 bits per heavy atom. The Hall–Kier alpha value is -0.970. The Balaban J connectivity index is 0.00000256. The molecular weight excluding hydrogens is 242 g/mol. The average Bonchev–Trinajstić information content (AvgIpc) is 2.18. The smallest absolute Gasteiger partial charge is 0.120 e. The molecule has 0 amide bonds. The normalized spacial score (nSPS) is 12.8. The molecule has 0 aromatic heterocycles. The Labute approximate surface area is 108 Å². The summed E-state index contributed by atoms with van der Waals surface area (Å²) in [5.74, 6) is 0.701. The second-order valence-electron chi connectivity index (χ2n) is 4.72. The topological polar surface area (TPSA) is 75.7 Å². The third-order valence-corrected chi connectivity index (χ3v) is 2.02. The van der Waals surface area contributed by atoms with Gasteiger partial charge in [-0.15, -0.1) is 12.4 Å². The summed E-state index contributed by atoms with van der Waals surface area (Å²) in [5.41, 5.74) is 5.84. The van der Waals surface area contributed by atoms with E-state index in [-0.39, 0.29) is 30.4 Å². The summed E-state index contributed by atoms with van der Waals surface area (Å²) < 4.78 is 5.64. The fourth-order valence-electron chi connectivity index (χ4n) is 1.34. The first kappa shape index (κ1) is 16.0. The number of halogens is 1. The van der Waals surface area contributed by atoms with Gasteiger partial charge in [-0.2, -0.15) is 0 Å². The van der Waals surface area contributed by atoms with Crippen LogP contribution in [-0.4, -0.2) is 22.4 Å². The zero-order chi connectivity index (χ0) is 12.3. The van der Waals surface area contributed by atoms with Gasteiger partial charge < -0.3 is 20.7 Å². The van der Waals surface area contributed by atoms with Gasteiger partial charge in [0, 0.05) is 5.56 Å². The Morgan fingerprint density at radius 2 is 1.94 bits per heavy atom. The van der Waals surface area contributed by atoms with E-state index in [2.05, 4.69) is 0 Å². The van der Waals surface area contributed by atoms with Gasteiger partial charge in [-0.3, -0.25) is 0 Å². The lowest BCUT2D eigenvalue weighted by atomic mass is 10.1. The number of rotatable bonds is 3. The first-order valence-corrected chi connectivity index (χ1v) is 5.22. The molecule has 0 bridgehead atoms. The molecule has 4 nitrogen and oxygen atoms in total. The SMILES string of the molecule is CC(C)(C)Oc1ccc(O)c([C@H](N)CO)c1.Cl. The van der Waals surface area contributed by atoms with Crippen LogP contribution >= 0.6 is 12.4 Å². The summed E-state index contributed by atoms with van der Waals surface area (Å²) in [4.78, 5) is 0. The summed E-state index contributed by atoms with van der Waals surface area (Å²) in [6.07, 6.45) is 0. The maximum Gasteiger partial charge on any atom is 0.120 e. The van der Waals surface area contributed by atoms with E-state index in [0.29, 0.717) is 11.3 Å². The van der Waals surface area contributed by atoms with Gasteiger partial charge >= 0.3 is 0 Å². The van der Waals surface area contributed by atoms with E-state index >= 15 is 0 Å². The van der Waals surface area contributed by atoms with Crippen LogP contribution in [0.15, 0.2) is 18.2 Å². The first-order chi connectivity index (χ1) is 7.33. The number of aliphatic hydroxyl groups excluding tert-OH is 1. The summed E-state index contributed by atoms with van der Waals surface area (Å²) in [6.45, 7) is 5.59. The van der Waals surface area contributed by atoms with Crippen molar-refractivity contribution in [3.63, 3.8) is 0 Å². The number of nitrogens with two attached hydrogens (primary N) is 1. The van der Waals surface area contributed by atoms with Crippen molar-refractivity contribution in [1.82, 2.24) is 0 Å². The third kappa shape index (κ3) is 4.81. The highest BCUT2D eigenvalue weighted by Gasteiger charge is 2.15. The number of phenols is 1. The number of phenolic OH excluding ortho intramolecular Hbond substituents is 1. The minimum Gasteiger partial charge on any atom is -0.508 e. The molecule has 0 aliphatic rings. The van der Waals surface area contributed by atoms with Crippen LogP contribution in [0, 0.1) is 0 Å². The van der Waals surface area contributed by atoms with E-state index < -0.39 is 6.04 Å². The number of hydrogen-bond donors (Lipinski definition) is 3. The second kappa shape index (κ2) is 6.10. The van der Waals surface area contributed by atoms with E-state index in [1.807, 2.05) is 20.8 Å². The van der Waals surface area contributed by atoms with Gasteiger partial charge in [0.15, 0.2) is 0 Å². The van der Waals surface area contributed by atoms with Crippen molar-refractivity contribution in [1.29, 1.82) is 0 Å². The minimum absolute atomic E-state index is 0. The first-order valence-electron chi connectivity index (χ1n) is 5.22. The molecule has 0 aliphatic carbocycles. The van der Waals surface area contributed by atoms with Crippen molar-refractivity contribution < 1.29 is 14.9 Å². The lowest BCUT2D eigenvalue weighted by Crippen LogP contribution is -2.23. The minimum atomic E-state index is -0.594.